The first-order valence-electron chi connectivity index (χ1n) is 5.76. The van der Waals surface area contributed by atoms with Crippen molar-refractivity contribution in [3.05, 3.63) is 35.9 Å². The highest BCUT2D eigenvalue weighted by atomic mass is 32.2. The van der Waals surface area contributed by atoms with Crippen LogP contribution < -0.4 is 4.72 Å². The van der Waals surface area contributed by atoms with Gasteiger partial charge in [-0.15, -0.1) is 0 Å². The van der Waals surface area contributed by atoms with Crippen LogP contribution in [-0.4, -0.2) is 38.1 Å². The van der Waals surface area contributed by atoms with Crippen molar-refractivity contribution in [1.29, 1.82) is 0 Å². The lowest BCUT2D eigenvalue weighted by molar-refractivity contribution is -0.129. The molecule has 0 aromatic heterocycles. The van der Waals surface area contributed by atoms with E-state index in [1.54, 1.807) is 4.90 Å². The largest absolute Gasteiger partial charge is 0.337 e. The van der Waals surface area contributed by atoms with Crippen molar-refractivity contribution in [2.75, 3.05) is 12.8 Å². The quantitative estimate of drug-likeness (QED) is 0.856. The summed E-state index contributed by atoms with van der Waals surface area (Å²) in [6.45, 7) is 1.11. The van der Waals surface area contributed by atoms with E-state index < -0.39 is 16.1 Å². The molecule has 1 aromatic carbocycles. The molecule has 1 amide bonds. The smallest absolute Gasteiger partial charge is 0.241 e. The molecular weight excluding hydrogens is 252 g/mol. The number of hydrogen-bond donors (Lipinski definition) is 1. The summed E-state index contributed by atoms with van der Waals surface area (Å²) in [4.78, 5) is 13.7. The number of carbonyl (C=O) groups is 1. The monoisotopic (exact) mass is 268 g/mol. The lowest BCUT2D eigenvalue weighted by Gasteiger charge is -2.16. The SMILES string of the molecule is CS(=O)(=O)N[C@H]1CCN(Cc2ccccc2)C1=O. The zero-order valence-corrected chi connectivity index (χ0v) is 11.0. The second-order valence-corrected chi connectivity index (χ2v) is 6.26. The van der Waals surface area contributed by atoms with Gasteiger partial charge in [-0.25, -0.2) is 13.1 Å². The molecule has 6 heteroatoms. The summed E-state index contributed by atoms with van der Waals surface area (Å²) in [6.07, 6.45) is 1.60. The minimum absolute atomic E-state index is 0.149. The van der Waals surface area contributed by atoms with Crippen molar-refractivity contribution in [3.8, 4) is 0 Å². The number of benzene rings is 1. The molecule has 18 heavy (non-hydrogen) atoms. The van der Waals surface area contributed by atoms with Crippen molar-refractivity contribution < 1.29 is 13.2 Å². The van der Waals surface area contributed by atoms with Gasteiger partial charge in [0.2, 0.25) is 15.9 Å². The van der Waals surface area contributed by atoms with E-state index in [-0.39, 0.29) is 5.91 Å². The van der Waals surface area contributed by atoms with Crippen LogP contribution in [0.15, 0.2) is 30.3 Å². The number of hydrogen-bond acceptors (Lipinski definition) is 3. The summed E-state index contributed by atoms with van der Waals surface area (Å²) in [6, 6.07) is 9.05. The summed E-state index contributed by atoms with van der Waals surface area (Å²) < 4.78 is 24.6. The number of amides is 1. The Morgan fingerprint density at radius 1 is 1.33 bits per heavy atom. The predicted octanol–water partition coefficient (Wildman–Crippen LogP) is 0.337. The number of likely N-dealkylation sites (tertiary alicyclic amines) is 1. The summed E-state index contributed by atoms with van der Waals surface area (Å²) in [5, 5.41) is 0. The first-order valence-corrected chi connectivity index (χ1v) is 7.65. The Bertz CT molecular complexity index is 528. The Hall–Kier alpha value is -1.40. The molecule has 1 fully saturated rings. The van der Waals surface area contributed by atoms with Crippen LogP contribution in [0, 0.1) is 0 Å². The maximum Gasteiger partial charge on any atom is 0.241 e. The van der Waals surface area contributed by atoms with Gasteiger partial charge in [-0.2, -0.15) is 0 Å². The molecule has 1 N–H and O–H groups in total. The van der Waals surface area contributed by atoms with Gasteiger partial charge in [-0.3, -0.25) is 4.79 Å². The topological polar surface area (TPSA) is 66.5 Å². The molecule has 0 saturated carbocycles. The molecule has 1 atom stereocenters. The molecule has 1 aliphatic rings. The van der Waals surface area contributed by atoms with Crippen molar-refractivity contribution in [2.24, 2.45) is 0 Å². The summed E-state index contributed by atoms with van der Waals surface area (Å²) in [5.74, 6) is -0.149. The van der Waals surface area contributed by atoms with Gasteiger partial charge in [0.1, 0.15) is 6.04 Å². The predicted molar refractivity (Wildman–Crippen MR) is 68.2 cm³/mol. The third-order valence-corrected chi connectivity index (χ3v) is 3.58. The first kappa shape index (κ1) is 13.0. The van der Waals surface area contributed by atoms with Crippen LogP contribution >= 0.6 is 0 Å². The fourth-order valence-electron chi connectivity index (χ4n) is 2.07. The molecule has 98 valence electrons. The van der Waals surface area contributed by atoms with Crippen molar-refractivity contribution in [3.63, 3.8) is 0 Å². The van der Waals surface area contributed by atoms with Gasteiger partial charge in [0.25, 0.3) is 0 Å². The van der Waals surface area contributed by atoms with Gasteiger partial charge in [-0.1, -0.05) is 30.3 Å². The minimum Gasteiger partial charge on any atom is -0.337 e. The number of rotatable bonds is 4. The minimum atomic E-state index is -3.33. The summed E-state index contributed by atoms with van der Waals surface area (Å²) >= 11 is 0. The van der Waals surface area contributed by atoms with Gasteiger partial charge in [0.05, 0.1) is 6.26 Å². The molecule has 2 rings (SSSR count). The molecule has 0 spiro atoms. The maximum atomic E-state index is 12.0. The Balaban J connectivity index is 2.00. The molecule has 1 saturated heterocycles. The number of carbonyl (C=O) groups excluding carboxylic acids is 1. The number of nitrogens with zero attached hydrogens (tertiary/aromatic N) is 1. The fourth-order valence-corrected chi connectivity index (χ4v) is 2.80. The first-order chi connectivity index (χ1) is 8.46. The second kappa shape index (κ2) is 5.07. The van der Waals surface area contributed by atoms with Crippen LogP contribution in [0.4, 0.5) is 0 Å². The lowest BCUT2D eigenvalue weighted by Crippen LogP contribution is -2.40. The Morgan fingerprint density at radius 2 is 2.00 bits per heavy atom. The normalized spacial score (nSPS) is 20.4. The Morgan fingerprint density at radius 3 is 2.61 bits per heavy atom. The van der Waals surface area contributed by atoms with E-state index >= 15 is 0 Å². The molecule has 1 aromatic rings. The van der Waals surface area contributed by atoms with Crippen LogP contribution in [0.2, 0.25) is 0 Å². The molecule has 0 bridgehead atoms. The average Bonchev–Trinajstić information content (AvgIpc) is 2.61. The summed E-state index contributed by atoms with van der Waals surface area (Å²) in [5.41, 5.74) is 1.05. The van der Waals surface area contributed by atoms with Gasteiger partial charge >= 0.3 is 0 Å². The van der Waals surface area contributed by atoms with Crippen molar-refractivity contribution in [1.82, 2.24) is 9.62 Å². The van der Waals surface area contributed by atoms with Crippen LogP contribution in [-0.2, 0) is 21.4 Å². The van der Waals surface area contributed by atoms with E-state index in [9.17, 15) is 13.2 Å². The molecule has 1 aliphatic heterocycles. The van der Waals surface area contributed by atoms with Gasteiger partial charge in [0.15, 0.2) is 0 Å². The average molecular weight is 268 g/mol. The number of sulfonamides is 1. The molecular formula is C12H16N2O3S. The summed E-state index contributed by atoms with van der Waals surface area (Å²) in [7, 11) is -3.33. The van der Waals surface area contributed by atoms with E-state index in [0.29, 0.717) is 19.5 Å². The van der Waals surface area contributed by atoms with Crippen LogP contribution in [0.25, 0.3) is 0 Å². The Kier molecular flexibility index (Phi) is 3.68. The third-order valence-electron chi connectivity index (χ3n) is 2.87. The highest BCUT2D eigenvalue weighted by Crippen LogP contribution is 2.15. The van der Waals surface area contributed by atoms with Crippen molar-refractivity contribution in [2.45, 2.75) is 19.0 Å². The van der Waals surface area contributed by atoms with Crippen LogP contribution in [0.5, 0.6) is 0 Å². The standard InChI is InChI=1S/C12H16N2O3S/c1-18(16,17)13-11-7-8-14(12(11)15)9-10-5-3-2-4-6-10/h2-6,11,13H,7-9H2,1H3/t11-/m0/s1. The fraction of sp³-hybridized carbons (Fsp3) is 0.417. The molecule has 0 radical (unpaired) electrons. The van der Waals surface area contributed by atoms with Gasteiger partial charge in [0, 0.05) is 13.1 Å². The van der Waals surface area contributed by atoms with E-state index in [4.69, 9.17) is 0 Å². The number of nitrogens with one attached hydrogen (secondary N) is 1. The Labute approximate surface area is 107 Å². The van der Waals surface area contributed by atoms with Gasteiger partial charge < -0.3 is 4.90 Å². The van der Waals surface area contributed by atoms with E-state index in [2.05, 4.69) is 4.72 Å². The van der Waals surface area contributed by atoms with E-state index in [1.807, 2.05) is 30.3 Å². The highest BCUT2D eigenvalue weighted by molar-refractivity contribution is 7.88. The zero-order valence-electron chi connectivity index (χ0n) is 10.2. The molecule has 1 heterocycles. The highest BCUT2D eigenvalue weighted by Gasteiger charge is 2.33. The molecule has 0 unspecified atom stereocenters. The van der Waals surface area contributed by atoms with Crippen LogP contribution in [0.3, 0.4) is 0 Å². The van der Waals surface area contributed by atoms with E-state index in [0.717, 1.165) is 11.8 Å². The van der Waals surface area contributed by atoms with Crippen LogP contribution in [0.1, 0.15) is 12.0 Å². The lowest BCUT2D eigenvalue weighted by atomic mass is 10.2. The maximum absolute atomic E-state index is 12.0. The molecule has 5 nitrogen and oxygen atoms in total. The molecule has 0 aliphatic carbocycles. The third kappa shape index (κ3) is 3.30. The second-order valence-electron chi connectivity index (χ2n) is 4.48. The van der Waals surface area contributed by atoms with Crippen molar-refractivity contribution >= 4 is 15.9 Å². The van der Waals surface area contributed by atoms with Gasteiger partial charge in [-0.05, 0) is 12.0 Å². The van der Waals surface area contributed by atoms with E-state index in [1.165, 1.54) is 0 Å². The zero-order chi connectivity index (χ0) is 13.2.